The van der Waals surface area contributed by atoms with Gasteiger partial charge in [-0.1, -0.05) is 48.8 Å². The Morgan fingerprint density at radius 1 is 1.10 bits per heavy atom. The molecule has 0 radical (unpaired) electrons. The number of carbonyl (C=O) groups excluding carboxylic acids is 2. The van der Waals surface area contributed by atoms with Gasteiger partial charge in [-0.25, -0.2) is 4.98 Å². The molecule has 2 heterocycles. The summed E-state index contributed by atoms with van der Waals surface area (Å²) in [6.07, 6.45) is 1.59. The second-order valence-corrected chi connectivity index (χ2v) is 7.45. The van der Waals surface area contributed by atoms with E-state index in [1.165, 1.54) is 0 Å². The van der Waals surface area contributed by atoms with Gasteiger partial charge >= 0.3 is 0 Å². The van der Waals surface area contributed by atoms with Crippen molar-refractivity contribution in [1.82, 2.24) is 20.4 Å². The van der Waals surface area contributed by atoms with Crippen LogP contribution in [0.25, 0.3) is 22.4 Å². The Hall–Kier alpha value is -3.22. The Morgan fingerprint density at radius 3 is 2.50 bits per heavy atom. The van der Waals surface area contributed by atoms with Gasteiger partial charge in [0.15, 0.2) is 0 Å². The Bertz CT molecular complexity index is 1040. The third-order valence-corrected chi connectivity index (χ3v) is 4.88. The molecule has 3 rings (SSSR count). The summed E-state index contributed by atoms with van der Waals surface area (Å²) in [6.45, 7) is 8.86. The molecule has 0 aliphatic carbocycles. The van der Waals surface area contributed by atoms with E-state index in [-0.39, 0.29) is 18.4 Å². The number of fused-ring (bicyclic) bond motifs is 1. The van der Waals surface area contributed by atoms with Crippen LogP contribution in [0, 0.1) is 13.8 Å². The molecule has 2 amide bonds. The SMILES string of the molecule is CCCNC(=O)CN(CCC)C(=O)c1cc(-c2ccc(C)cc2)nc2onc(C)c12. The minimum Gasteiger partial charge on any atom is -0.355 e. The molecule has 7 heteroatoms. The topological polar surface area (TPSA) is 88.3 Å². The summed E-state index contributed by atoms with van der Waals surface area (Å²) in [5.74, 6) is -0.389. The molecule has 0 bridgehead atoms. The van der Waals surface area contributed by atoms with Crippen molar-refractivity contribution in [3.05, 3.63) is 47.2 Å². The minimum atomic E-state index is -0.226. The van der Waals surface area contributed by atoms with E-state index in [2.05, 4.69) is 15.5 Å². The lowest BCUT2D eigenvalue weighted by Crippen LogP contribution is -2.41. The van der Waals surface area contributed by atoms with Crippen molar-refractivity contribution in [2.75, 3.05) is 19.6 Å². The molecule has 1 N–H and O–H groups in total. The van der Waals surface area contributed by atoms with E-state index in [9.17, 15) is 9.59 Å². The molecule has 0 aliphatic rings. The summed E-state index contributed by atoms with van der Waals surface area (Å²) >= 11 is 0. The lowest BCUT2D eigenvalue weighted by atomic mass is 10.0. The van der Waals surface area contributed by atoms with Gasteiger partial charge in [0.05, 0.1) is 28.9 Å². The van der Waals surface area contributed by atoms with Crippen LogP contribution in [0.15, 0.2) is 34.9 Å². The van der Waals surface area contributed by atoms with Gasteiger partial charge in [0.1, 0.15) is 0 Å². The monoisotopic (exact) mass is 408 g/mol. The predicted octanol–water partition coefficient (Wildman–Crippen LogP) is 3.89. The highest BCUT2D eigenvalue weighted by Crippen LogP contribution is 2.28. The molecule has 158 valence electrons. The fourth-order valence-electron chi connectivity index (χ4n) is 3.32. The zero-order valence-corrected chi connectivity index (χ0v) is 18.0. The number of nitrogens with zero attached hydrogens (tertiary/aromatic N) is 3. The van der Waals surface area contributed by atoms with E-state index in [0.717, 1.165) is 24.0 Å². The molecule has 0 atom stereocenters. The third kappa shape index (κ3) is 4.67. The maximum absolute atomic E-state index is 13.5. The van der Waals surface area contributed by atoms with Gasteiger partial charge in [-0.3, -0.25) is 9.59 Å². The van der Waals surface area contributed by atoms with E-state index >= 15 is 0 Å². The van der Waals surface area contributed by atoms with Crippen LogP contribution in [0.3, 0.4) is 0 Å². The Morgan fingerprint density at radius 2 is 1.83 bits per heavy atom. The van der Waals surface area contributed by atoms with Crippen molar-refractivity contribution in [3.8, 4) is 11.3 Å². The molecule has 0 saturated heterocycles. The smallest absolute Gasteiger partial charge is 0.259 e. The number of amides is 2. The van der Waals surface area contributed by atoms with Crippen LogP contribution < -0.4 is 5.32 Å². The summed E-state index contributed by atoms with van der Waals surface area (Å²) in [6, 6.07) is 9.68. The zero-order chi connectivity index (χ0) is 21.7. The molecule has 0 aliphatic heterocycles. The quantitative estimate of drug-likeness (QED) is 0.611. The fraction of sp³-hybridized carbons (Fsp3) is 0.391. The molecular weight excluding hydrogens is 380 g/mol. The van der Waals surface area contributed by atoms with Crippen molar-refractivity contribution in [3.63, 3.8) is 0 Å². The molecular formula is C23H28N4O3. The molecule has 0 unspecified atom stereocenters. The van der Waals surface area contributed by atoms with Crippen LogP contribution >= 0.6 is 0 Å². The van der Waals surface area contributed by atoms with Crippen LogP contribution in [0.5, 0.6) is 0 Å². The van der Waals surface area contributed by atoms with E-state index < -0.39 is 0 Å². The van der Waals surface area contributed by atoms with Crippen LogP contribution in [0.1, 0.15) is 48.3 Å². The first-order valence-corrected chi connectivity index (χ1v) is 10.3. The zero-order valence-electron chi connectivity index (χ0n) is 18.0. The molecule has 2 aromatic heterocycles. The molecule has 3 aromatic rings. The molecule has 0 saturated carbocycles. The third-order valence-electron chi connectivity index (χ3n) is 4.88. The van der Waals surface area contributed by atoms with Gasteiger partial charge in [0, 0.05) is 18.7 Å². The maximum Gasteiger partial charge on any atom is 0.259 e. The number of benzene rings is 1. The van der Waals surface area contributed by atoms with Gasteiger partial charge < -0.3 is 14.7 Å². The number of hydrogen-bond donors (Lipinski definition) is 1. The number of pyridine rings is 1. The van der Waals surface area contributed by atoms with Gasteiger partial charge in [0.25, 0.3) is 11.6 Å². The lowest BCUT2D eigenvalue weighted by Gasteiger charge is -2.22. The number of aryl methyl sites for hydroxylation is 2. The van der Waals surface area contributed by atoms with Crippen molar-refractivity contribution in [1.29, 1.82) is 0 Å². The highest BCUT2D eigenvalue weighted by molar-refractivity contribution is 6.07. The van der Waals surface area contributed by atoms with E-state index in [0.29, 0.717) is 41.1 Å². The average Bonchev–Trinajstić information content (AvgIpc) is 3.12. The van der Waals surface area contributed by atoms with Gasteiger partial charge in [-0.2, -0.15) is 0 Å². The average molecular weight is 409 g/mol. The number of hydrogen-bond acceptors (Lipinski definition) is 5. The normalized spacial score (nSPS) is 10.9. The number of nitrogens with one attached hydrogen (secondary N) is 1. The first kappa shape index (κ1) is 21.5. The second kappa shape index (κ2) is 9.52. The number of rotatable bonds is 8. The number of carbonyl (C=O) groups is 2. The van der Waals surface area contributed by atoms with Gasteiger partial charge in [-0.05, 0) is 32.8 Å². The predicted molar refractivity (Wildman–Crippen MR) is 116 cm³/mol. The molecule has 7 nitrogen and oxygen atoms in total. The highest BCUT2D eigenvalue weighted by atomic mass is 16.5. The highest BCUT2D eigenvalue weighted by Gasteiger charge is 2.24. The van der Waals surface area contributed by atoms with E-state index in [4.69, 9.17) is 4.52 Å². The van der Waals surface area contributed by atoms with E-state index in [1.807, 2.05) is 45.0 Å². The Balaban J connectivity index is 2.03. The van der Waals surface area contributed by atoms with Crippen molar-refractivity contribution in [2.45, 2.75) is 40.5 Å². The Labute approximate surface area is 176 Å². The maximum atomic E-state index is 13.5. The van der Waals surface area contributed by atoms with Crippen LogP contribution in [0.4, 0.5) is 0 Å². The van der Waals surface area contributed by atoms with Crippen LogP contribution in [-0.4, -0.2) is 46.5 Å². The lowest BCUT2D eigenvalue weighted by molar-refractivity contribution is -0.121. The summed E-state index contributed by atoms with van der Waals surface area (Å²) in [7, 11) is 0. The van der Waals surface area contributed by atoms with E-state index in [1.54, 1.807) is 17.9 Å². The van der Waals surface area contributed by atoms with Crippen LogP contribution in [-0.2, 0) is 4.79 Å². The van der Waals surface area contributed by atoms with Gasteiger partial charge in [0.2, 0.25) is 5.91 Å². The standard InChI is InChI=1S/C23H28N4O3/c1-5-11-24-20(28)14-27(12-6-2)23(29)18-13-19(17-9-7-15(3)8-10-17)25-22-21(18)16(4)26-30-22/h7-10,13H,5-6,11-12,14H2,1-4H3,(H,24,28). The Kier molecular flexibility index (Phi) is 6.82. The first-order valence-electron chi connectivity index (χ1n) is 10.3. The molecule has 30 heavy (non-hydrogen) atoms. The van der Waals surface area contributed by atoms with Crippen LogP contribution in [0.2, 0.25) is 0 Å². The summed E-state index contributed by atoms with van der Waals surface area (Å²) in [5.41, 5.74) is 4.02. The number of aromatic nitrogens is 2. The molecule has 1 aromatic carbocycles. The molecule has 0 spiro atoms. The second-order valence-electron chi connectivity index (χ2n) is 7.45. The van der Waals surface area contributed by atoms with Crippen molar-refractivity contribution in [2.24, 2.45) is 0 Å². The minimum absolute atomic E-state index is 0.0146. The largest absolute Gasteiger partial charge is 0.355 e. The fourth-order valence-corrected chi connectivity index (χ4v) is 3.32. The van der Waals surface area contributed by atoms with Gasteiger partial charge in [-0.15, -0.1) is 0 Å². The first-order chi connectivity index (χ1) is 14.4. The molecule has 0 fully saturated rings. The summed E-state index contributed by atoms with van der Waals surface area (Å²) in [5, 5.41) is 7.43. The summed E-state index contributed by atoms with van der Waals surface area (Å²) in [4.78, 5) is 31.9. The van der Waals surface area contributed by atoms with Crippen molar-refractivity contribution >= 4 is 22.9 Å². The van der Waals surface area contributed by atoms with Crippen molar-refractivity contribution < 1.29 is 14.1 Å². The summed E-state index contributed by atoms with van der Waals surface area (Å²) < 4.78 is 5.39.